The molecule has 92 valence electrons. The van der Waals surface area contributed by atoms with Gasteiger partial charge in [-0.25, -0.2) is 0 Å². The molecule has 0 aliphatic carbocycles. The van der Waals surface area contributed by atoms with E-state index in [0.29, 0.717) is 23.0 Å². The van der Waals surface area contributed by atoms with Crippen molar-refractivity contribution in [2.24, 2.45) is 0 Å². The fourth-order valence-corrected chi connectivity index (χ4v) is 2.40. The number of anilines is 2. The molecule has 1 aromatic heterocycles. The Morgan fingerprint density at radius 1 is 1.59 bits per heavy atom. The Hall–Kier alpha value is -1.56. The maximum absolute atomic E-state index is 11.1. The van der Waals surface area contributed by atoms with Gasteiger partial charge in [0.15, 0.2) is 5.58 Å². The number of nitrogens with two attached hydrogens (primary N) is 1. The number of nitrogens with zero attached hydrogens (tertiary/aromatic N) is 1. The minimum Gasteiger partial charge on any atom is -0.424 e. The monoisotopic (exact) mass is 253 g/mol. The van der Waals surface area contributed by atoms with Crippen LogP contribution >= 0.6 is 0 Å². The van der Waals surface area contributed by atoms with E-state index < -0.39 is 10.8 Å². The number of benzene rings is 1. The van der Waals surface area contributed by atoms with E-state index in [1.807, 2.05) is 6.92 Å². The summed E-state index contributed by atoms with van der Waals surface area (Å²) in [5.41, 5.74) is 7.72. The lowest BCUT2D eigenvalue weighted by molar-refractivity contribution is 0.605. The van der Waals surface area contributed by atoms with E-state index in [-0.39, 0.29) is 6.04 Å². The molecule has 0 aliphatic rings. The van der Waals surface area contributed by atoms with Crippen LogP contribution < -0.4 is 11.1 Å². The molecule has 0 aliphatic heterocycles. The van der Waals surface area contributed by atoms with Crippen molar-refractivity contribution in [2.75, 3.05) is 23.1 Å². The second kappa shape index (κ2) is 4.75. The largest absolute Gasteiger partial charge is 0.424 e. The zero-order valence-corrected chi connectivity index (χ0v) is 10.6. The summed E-state index contributed by atoms with van der Waals surface area (Å²) in [7, 11) is -0.843. The summed E-state index contributed by atoms with van der Waals surface area (Å²) in [5.74, 6) is 0.556. The lowest BCUT2D eigenvalue weighted by Gasteiger charge is -2.09. The molecule has 2 aromatic rings. The molecule has 0 saturated carbocycles. The van der Waals surface area contributed by atoms with Gasteiger partial charge in [-0.2, -0.15) is 4.98 Å². The third kappa shape index (κ3) is 2.97. The quantitative estimate of drug-likeness (QED) is 0.809. The zero-order chi connectivity index (χ0) is 12.4. The third-order valence-electron chi connectivity index (χ3n) is 2.27. The fraction of sp³-hybridized carbons (Fsp3) is 0.364. The van der Waals surface area contributed by atoms with Gasteiger partial charge in [-0.15, -0.1) is 0 Å². The van der Waals surface area contributed by atoms with E-state index in [1.54, 1.807) is 24.5 Å². The van der Waals surface area contributed by atoms with Crippen LogP contribution in [-0.4, -0.2) is 27.2 Å². The molecule has 2 atom stereocenters. The van der Waals surface area contributed by atoms with Gasteiger partial charge < -0.3 is 15.5 Å². The van der Waals surface area contributed by atoms with Gasteiger partial charge in [-0.3, -0.25) is 4.21 Å². The first-order valence-corrected chi connectivity index (χ1v) is 7.00. The Balaban J connectivity index is 2.16. The predicted molar refractivity (Wildman–Crippen MR) is 70.4 cm³/mol. The van der Waals surface area contributed by atoms with Crippen LogP contribution in [0.4, 0.5) is 11.7 Å². The number of aromatic nitrogens is 1. The fourth-order valence-electron chi connectivity index (χ4n) is 1.61. The zero-order valence-electron chi connectivity index (χ0n) is 9.77. The molecule has 6 heteroatoms. The summed E-state index contributed by atoms with van der Waals surface area (Å²) in [6.45, 7) is 1.94. The van der Waals surface area contributed by atoms with Gasteiger partial charge in [0.1, 0.15) is 5.52 Å². The molecule has 5 nitrogen and oxygen atoms in total. The lowest BCUT2D eigenvalue weighted by Crippen LogP contribution is -2.22. The highest BCUT2D eigenvalue weighted by molar-refractivity contribution is 7.84. The van der Waals surface area contributed by atoms with Crippen LogP contribution in [0.15, 0.2) is 22.6 Å². The molecule has 0 spiro atoms. The molecular formula is C11H15N3O2S. The molecule has 17 heavy (non-hydrogen) atoms. The molecule has 2 rings (SSSR count). The minimum atomic E-state index is -0.843. The van der Waals surface area contributed by atoms with Crippen molar-refractivity contribution in [3.05, 3.63) is 18.2 Å². The topological polar surface area (TPSA) is 81.2 Å². The van der Waals surface area contributed by atoms with Gasteiger partial charge in [0.25, 0.3) is 6.01 Å². The first-order valence-electron chi connectivity index (χ1n) is 5.27. The van der Waals surface area contributed by atoms with Crippen LogP contribution in [0.1, 0.15) is 6.92 Å². The maximum Gasteiger partial charge on any atom is 0.295 e. The van der Waals surface area contributed by atoms with E-state index in [4.69, 9.17) is 10.2 Å². The standard InChI is InChI=1S/C11H15N3O2S/c1-7(6-17(2)15)13-11-14-9-5-8(12)3-4-10(9)16-11/h3-5,7H,6,12H2,1-2H3,(H,13,14). The highest BCUT2D eigenvalue weighted by Crippen LogP contribution is 2.21. The van der Waals surface area contributed by atoms with Crippen molar-refractivity contribution in [2.45, 2.75) is 13.0 Å². The maximum atomic E-state index is 11.1. The van der Waals surface area contributed by atoms with Gasteiger partial charge in [-0.05, 0) is 25.1 Å². The summed E-state index contributed by atoms with van der Waals surface area (Å²) in [6.07, 6.45) is 1.67. The van der Waals surface area contributed by atoms with Gasteiger partial charge in [0.05, 0.1) is 0 Å². The molecule has 0 bridgehead atoms. The van der Waals surface area contributed by atoms with Crippen LogP contribution in [0, 0.1) is 0 Å². The van der Waals surface area contributed by atoms with Crippen LogP contribution in [0.3, 0.4) is 0 Å². The SMILES string of the molecule is CC(CS(C)=O)Nc1nc2cc(N)ccc2o1. The molecule has 0 radical (unpaired) electrons. The van der Waals surface area contributed by atoms with Crippen LogP contribution in [-0.2, 0) is 10.8 Å². The van der Waals surface area contributed by atoms with Gasteiger partial charge in [-0.1, -0.05) is 0 Å². The summed E-state index contributed by atoms with van der Waals surface area (Å²) in [5, 5.41) is 3.07. The number of nitrogens with one attached hydrogen (secondary N) is 1. The summed E-state index contributed by atoms with van der Waals surface area (Å²) >= 11 is 0. The Labute approximate surface area is 102 Å². The summed E-state index contributed by atoms with van der Waals surface area (Å²) in [6, 6.07) is 5.79. The van der Waals surface area contributed by atoms with Crippen molar-refractivity contribution in [3.8, 4) is 0 Å². The molecule has 1 heterocycles. The molecule has 2 unspecified atom stereocenters. The second-order valence-electron chi connectivity index (χ2n) is 4.03. The van der Waals surface area contributed by atoms with Crippen molar-refractivity contribution >= 4 is 33.6 Å². The van der Waals surface area contributed by atoms with Crippen molar-refractivity contribution < 1.29 is 8.63 Å². The Bertz CT molecular complexity index is 553. The van der Waals surface area contributed by atoms with Crippen molar-refractivity contribution in [3.63, 3.8) is 0 Å². The molecule has 1 aromatic carbocycles. The normalized spacial score (nSPS) is 14.7. The highest BCUT2D eigenvalue weighted by atomic mass is 32.2. The minimum absolute atomic E-state index is 0.0474. The Morgan fingerprint density at radius 2 is 2.35 bits per heavy atom. The van der Waals surface area contributed by atoms with E-state index in [2.05, 4.69) is 10.3 Å². The average molecular weight is 253 g/mol. The summed E-state index contributed by atoms with van der Waals surface area (Å²) < 4.78 is 16.6. The lowest BCUT2D eigenvalue weighted by atomic mass is 10.3. The molecule has 0 amide bonds. The smallest absolute Gasteiger partial charge is 0.295 e. The number of nitrogen functional groups attached to an aromatic ring is 1. The van der Waals surface area contributed by atoms with E-state index in [1.165, 1.54) is 0 Å². The van der Waals surface area contributed by atoms with Crippen LogP contribution in [0.25, 0.3) is 11.1 Å². The Morgan fingerprint density at radius 3 is 3.06 bits per heavy atom. The molecule has 0 saturated heterocycles. The summed E-state index contributed by atoms with van der Waals surface area (Å²) in [4.78, 5) is 4.26. The second-order valence-corrected chi connectivity index (χ2v) is 5.51. The number of hydrogen-bond acceptors (Lipinski definition) is 5. The molecular weight excluding hydrogens is 238 g/mol. The third-order valence-corrected chi connectivity index (χ3v) is 3.24. The average Bonchev–Trinajstić information content (AvgIpc) is 2.57. The van der Waals surface area contributed by atoms with Crippen molar-refractivity contribution in [1.82, 2.24) is 4.98 Å². The van der Waals surface area contributed by atoms with Crippen molar-refractivity contribution in [1.29, 1.82) is 0 Å². The first kappa shape index (κ1) is 11.9. The number of fused-ring (bicyclic) bond motifs is 1. The highest BCUT2D eigenvalue weighted by Gasteiger charge is 2.10. The van der Waals surface area contributed by atoms with Gasteiger partial charge >= 0.3 is 0 Å². The number of hydrogen-bond donors (Lipinski definition) is 2. The van der Waals surface area contributed by atoms with Crippen LogP contribution in [0.2, 0.25) is 0 Å². The van der Waals surface area contributed by atoms with E-state index in [9.17, 15) is 4.21 Å². The number of oxazole rings is 1. The number of rotatable bonds is 4. The van der Waals surface area contributed by atoms with E-state index in [0.717, 1.165) is 5.52 Å². The van der Waals surface area contributed by atoms with Gasteiger partial charge in [0.2, 0.25) is 0 Å². The van der Waals surface area contributed by atoms with Crippen LogP contribution in [0.5, 0.6) is 0 Å². The van der Waals surface area contributed by atoms with Gasteiger partial charge in [0, 0.05) is 34.5 Å². The van der Waals surface area contributed by atoms with E-state index >= 15 is 0 Å². The first-order chi connectivity index (χ1) is 8.04. The molecule has 3 N–H and O–H groups in total. The predicted octanol–water partition coefficient (Wildman–Crippen LogP) is 1.59. The molecule has 0 fully saturated rings. The Kier molecular flexibility index (Phi) is 3.33.